The highest BCUT2D eigenvalue weighted by Crippen LogP contribution is 2.34. The van der Waals surface area contributed by atoms with Crippen molar-refractivity contribution in [3.05, 3.63) is 59.7 Å². The summed E-state index contributed by atoms with van der Waals surface area (Å²) in [6.45, 7) is 4.90. The van der Waals surface area contributed by atoms with Gasteiger partial charge in [0.05, 0.1) is 0 Å². The Morgan fingerprint density at radius 3 is 2.36 bits per heavy atom. The molecule has 2 aromatic carbocycles. The fraction of sp³-hybridized carbons (Fsp3) is 0.444. The number of benzene rings is 2. The molecule has 3 aromatic rings. The second-order valence-corrected chi connectivity index (χ2v) is 8.93. The number of halogens is 3. The SMILES string of the molecule is C.Cl.Fc1cc(F)cc(-c2cc(N(CCCN3CCCCCC3)Cc3ccc4c(c3)OCO4)on2)c1. The highest BCUT2D eigenvalue weighted by molar-refractivity contribution is 5.85. The minimum atomic E-state index is -0.644. The lowest BCUT2D eigenvalue weighted by Gasteiger charge is -2.24. The van der Waals surface area contributed by atoms with Crippen LogP contribution in [0.4, 0.5) is 14.7 Å². The van der Waals surface area contributed by atoms with E-state index < -0.39 is 11.6 Å². The van der Waals surface area contributed by atoms with Crippen molar-refractivity contribution < 1.29 is 22.8 Å². The summed E-state index contributed by atoms with van der Waals surface area (Å²) in [7, 11) is 0. The molecule has 1 fully saturated rings. The third kappa shape index (κ3) is 6.89. The predicted molar refractivity (Wildman–Crippen MR) is 139 cm³/mol. The molecule has 1 saturated heterocycles. The topological polar surface area (TPSA) is 51.0 Å². The van der Waals surface area contributed by atoms with Crippen LogP contribution in [0.15, 0.2) is 47.0 Å². The zero-order valence-corrected chi connectivity index (χ0v) is 20.4. The van der Waals surface area contributed by atoms with Gasteiger partial charge in [-0.05, 0) is 68.7 Å². The van der Waals surface area contributed by atoms with Gasteiger partial charge in [0.25, 0.3) is 0 Å². The Balaban J connectivity index is 0.00000180. The average molecular weight is 522 g/mol. The van der Waals surface area contributed by atoms with E-state index in [1.807, 2.05) is 18.2 Å². The number of nitrogens with zero attached hydrogens (tertiary/aromatic N) is 3. The van der Waals surface area contributed by atoms with Gasteiger partial charge >= 0.3 is 0 Å². The van der Waals surface area contributed by atoms with E-state index in [4.69, 9.17) is 14.0 Å². The molecule has 2 aliphatic heterocycles. The van der Waals surface area contributed by atoms with Gasteiger partial charge in [-0.1, -0.05) is 31.5 Å². The second kappa shape index (κ2) is 12.9. The van der Waals surface area contributed by atoms with E-state index >= 15 is 0 Å². The van der Waals surface area contributed by atoms with Crippen molar-refractivity contribution in [1.82, 2.24) is 10.1 Å². The van der Waals surface area contributed by atoms with Crippen LogP contribution < -0.4 is 14.4 Å². The van der Waals surface area contributed by atoms with E-state index in [1.165, 1.54) is 37.8 Å². The van der Waals surface area contributed by atoms with Crippen LogP contribution in [0.25, 0.3) is 11.3 Å². The third-order valence-corrected chi connectivity index (χ3v) is 6.38. The van der Waals surface area contributed by atoms with Gasteiger partial charge in [-0.25, -0.2) is 8.78 Å². The summed E-state index contributed by atoms with van der Waals surface area (Å²) in [5.74, 6) is 0.749. The first-order valence-corrected chi connectivity index (χ1v) is 11.9. The van der Waals surface area contributed by atoms with Crippen LogP contribution in [-0.4, -0.2) is 43.0 Å². The van der Waals surface area contributed by atoms with E-state index in [1.54, 1.807) is 6.07 Å². The molecule has 2 aliphatic rings. The normalized spacial score (nSPS) is 15.1. The molecule has 0 saturated carbocycles. The zero-order valence-electron chi connectivity index (χ0n) is 19.6. The fourth-order valence-electron chi connectivity index (χ4n) is 4.62. The summed E-state index contributed by atoms with van der Waals surface area (Å²) in [4.78, 5) is 4.65. The molecule has 1 aromatic heterocycles. The van der Waals surface area contributed by atoms with Crippen LogP contribution in [0.3, 0.4) is 0 Å². The lowest BCUT2D eigenvalue weighted by atomic mass is 10.1. The molecular formula is C27H34ClF2N3O3. The molecule has 0 atom stereocenters. The summed E-state index contributed by atoms with van der Waals surface area (Å²) in [6, 6.07) is 11.0. The molecule has 0 bridgehead atoms. The molecule has 196 valence electrons. The molecule has 36 heavy (non-hydrogen) atoms. The van der Waals surface area contributed by atoms with Crippen LogP contribution in [0.1, 0.15) is 45.1 Å². The Bertz CT molecular complexity index is 1100. The van der Waals surface area contributed by atoms with E-state index in [-0.39, 0.29) is 26.6 Å². The quantitative estimate of drug-likeness (QED) is 0.329. The average Bonchev–Trinajstić information content (AvgIpc) is 3.42. The first-order chi connectivity index (χ1) is 16.6. The van der Waals surface area contributed by atoms with Crippen LogP contribution in [0.5, 0.6) is 11.5 Å². The van der Waals surface area contributed by atoms with Gasteiger partial charge < -0.3 is 23.8 Å². The molecule has 0 N–H and O–H groups in total. The minimum Gasteiger partial charge on any atom is -0.454 e. The van der Waals surface area contributed by atoms with Crippen molar-refractivity contribution in [1.29, 1.82) is 0 Å². The summed E-state index contributed by atoms with van der Waals surface area (Å²) in [6.07, 6.45) is 6.12. The van der Waals surface area contributed by atoms with Gasteiger partial charge in [-0.2, -0.15) is 0 Å². The number of ether oxygens (including phenoxy) is 2. The number of anilines is 1. The predicted octanol–water partition coefficient (Wildman–Crippen LogP) is 6.68. The van der Waals surface area contributed by atoms with Crippen molar-refractivity contribution in [3.8, 4) is 22.8 Å². The van der Waals surface area contributed by atoms with Crippen molar-refractivity contribution in [3.63, 3.8) is 0 Å². The van der Waals surface area contributed by atoms with Crippen LogP contribution >= 0.6 is 12.4 Å². The van der Waals surface area contributed by atoms with Gasteiger partial charge in [0.2, 0.25) is 12.7 Å². The molecule has 0 spiro atoms. The maximum absolute atomic E-state index is 13.7. The summed E-state index contributed by atoms with van der Waals surface area (Å²) >= 11 is 0. The highest BCUT2D eigenvalue weighted by Gasteiger charge is 2.19. The maximum atomic E-state index is 13.7. The Morgan fingerprint density at radius 2 is 1.61 bits per heavy atom. The smallest absolute Gasteiger partial charge is 0.231 e. The first-order valence-electron chi connectivity index (χ1n) is 11.9. The Labute approximate surface area is 217 Å². The number of hydrogen-bond donors (Lipinski definition) is 0. The van der Waals surface area contributed by atoms with Gasteiger partial charge in [-0.15, -0.1) is 12.4 Å². The monoisotopic (exact) mass is 521 g/mol. The van der Waals surface area contributed by atoms with Gasteiger partial charge in [-0.3, -0.25) is 0 Å². The van der Waals surface area contributed by atoms with Gasteiger partial charge in [0, 0.05) is 30.8 Å². The molecule has 9 heteroatoms. The summed E-state index contributed by atoms with van der Waals surface area (Å²) in [5, 5.41) is 4.09. The summed E-state index contributed by atoms with van der Waals surface area (Å²) < 4.78 is 44.0. The fourth-order valence-corrected chi connectivity index (χ4v) is 4.62. The number of likely N-dealkylation sites (tertiary alicyclic amines) is 1. The van der Waals surface area contributed by atoms with Crippen molar-refractivity contribution in [2.24, 2.45) is 0 Å². The molecule has 0 radical (unpaired) electrons. The first kappa shape index (κ1) is 27.7. The molecule has 5 rings (SSSR count). The standard InChI is InChI=1S/C26H29F2N3O3.CH4.ClH/c27-21-13-20(14-22(28)15-21)23-16-26(34-29-23)31(11-5-10-30-8-3-1-2-4-9-30)17-19-6-7-24-25(12-19)33-18-32-24;;/h6-7,12-16H,1-5,8-11,17-18H2;1H4;1H. The number of aromatic nitrogens is 1. The minimum absolute atomic E-state index is 0. The number of rotatable bonds is 8. The Hall–Kier alpha value is -2.84. The second-order valence-electron chi connectivity index (χ2n) is 8.93. The van der Waals surface area contributed by atoms with Crippen molar-refractivity contribution in [2.45, 2.75) is 46.1 Å². The lowest BCUT2D eigenvalue weighted by Crippen LogP contribution is -2.30. The molecule has 0 unspecified atom stereocenters. The van der Waals surface area contributed by atoms with E-state index in [0.717, 1.165) is 55.7 Å². The molecule has 3 heterocycles. The van der Waals surface area contributed by atoms with E-state index in [0.29, 0.717) is 23.7 Å². The van der Waals surface area contributed by atoms with Gasteiger partial charge in [0.1, 0.15) is 17.3 Å². The number of hydrogen-bond acceptors (Lipinski definition) is 6. The zero-order chi connectivity index (χ0) is 23.3. The molecule has 0 aliphatic carbocycles. The summed E-state index contributed by atoms with van der Waals surface area (Å²) in [5.41, 5.74) is 1.80. The van der Waals surface area contributed by atoms with Crippen LogP contribution in [0.2, 0.25) is 0 Å². The van der Waals surface area contributed by atoms with Crippen LogP contribution in [-0.2, 0) is 6.54 Å². The van der Waals surface area contributed by atoms with Crippen molar-refractivity contribution >= 4 is 18.3 Å². The highest BCUT2D eigenvalue weighted by atomic mass is 35.5. The third-order valence-electron chi connectivity index (χ3n) is 6.38. The lowest BCUT2D eigenvalue weighted by molar-refractivity contribution is 0.174. The van der Waals surface area contributed by atoms with E-state index in [2.05, 4.69) is 15.0 Å². The molecule has 6 nitrogen and oxygen atoms in total. The maximum Gasteiger partial charge on any atom is 0.231 e. The van der Waals surface area contributed by atoms with Crippen LogP contribution in [0, 0.1) is 11.6 Å². The Morgan fingerprint density at radius 1 is 0.889 bits per heavy atom. The molecule has 0 amide bonds. The van der Waals surface area contributed by atoms with Crippen molar-refractivity contribution in [2.75, 3.05) is 37.9 Å². The van der Waals surface area contributed by atoms with Gasteiger partial charge in [0.15, 0.2) is 11.5 Å². The number of fused-ring (bicyclic) bond motifs is 1. The van der Waals surface area contributed by atoms with E-state index in [9.17, 15) is 8.78 Å². The molecular weight excluding hydrogens is 488 g/mol. The largest absolute Gasteiger partial charge is 0.454 e. The Kier molecular flexibility index (Phi) is 9.96.